The Bertz CT molecular complexity index is 441. The summed E-state index contributed by atoms with van der Waals surface area (Å²) in [6, 6.07) is 2.67. The Hall–Kier alpha value is -1.32. The van der Waals surface area contributed by atoms with Crippen LogP contribution >= 0.6 is 0 Å². The van der Waals surface area contributed by atoms with Crippen LogP contribution in [0.4, 0.5) is 11.6 Å². The van der Waals surface area contributed by atoms with E-state index in [1.807, 2.05) is 7.05 Å². The Morgan fingerprint density at radius 1 is 1.28 bits per heavy atom. The van der Waals surface area contributed by atoms with E-state index in [1.54, 1.807) is 0 Å². The van der Waals surface area contributed by atoms with E-state index in [0.717, 1.165) is 29.9 Å². The molecule has 0 amide bonds. The molecular weight excluding hydrogens is 224 g/mol. The highest BCUT2D eigenvalue weighted by Crippen LogP contribution is 2.39. The molecule has 0 aromatic carbocycles. The van der Waals surface area contributed by atoms with E-state index < -0.39 is 0 Å². The van der Waals surface area contributed by atoms with Gasteiger partial charge in [-0.05, 0) is 32.1 Å². The highest BCUT2D eigenvalue weighted by molar-refractivity contribution is 5.51. The summed E-state index contributed by atoms with van der Waals surface area (Å²) in [6.45, 7) is 5.73. The maximum atomic E-state index is 4.79. The van der Waals surface area contributed by atoms with Crippen LogP contribution in [0.1, 0.15) is 44.9 Å². The van der Waals surface area contributed by atoms with E-state index in [1.165, 1.54) is 19.3 Å². The van der Waals surface area contributed by atoms with Gasteiger partial charge in [0.25, 0.3) is 0 Å². The maximum Gasteiger partial charge on any atom is 0.136 e. The maximum absolute atomic E-state index is 4.79. The molecule has 2 heterocycles. The van der Waals surface area contributed by atoms with Crippen molar-refractivity contribution >= 4 is 11.6 Å². The summed E-state index contributed by atoms with van der Waals surface area (Å²) in [4.78, 5) is 11.8. The van der Waals surface area contributed by atoms with Crippen LogP contribution < -0.4 is 10.2 Å². The molecule has 2 atom stereocenters. The summed E-state index contributed by atoms with van der Waals surface area (Å²) >= 11 is 0. The van der Waals surface area contributed by atoms with Gasteiger partial charge in [0.2, 0.25) is 0 Å². The van der Waals surface area contributed by atoms with Gasteiger partial charge in [-0.2, -0.15) is 0 Å². The molecule has 1 saturated carbocycles. The van der Waals surface area contributed by atoms with Gasteiger partial charge in [0.15, 0.2) is 0 Å². The van der Waals surface area contributed by atoms with Crippen LogP contribution in [0, 0.1) is 5.92 Å². The topological polar surface area (TPSA) is 41.0 Å². The zero-order chi connectivity index (χ0) is 12.7. The summed E-state index contributed by atoms with van der Waals surface area (Å²) in [6.07, 6.45) is 3.76. The molecule has 0 spiro atoms. The Morgan fingerprint density at radius 2 is 2.06 bits per heavy atom. The molecule has 2 aliphatic rings. The number of hydrogen-bond donors (Lipinski definition) is 1. The fourth-order valence-electron chi connectivity index (χ4n) is 2.87. The lowest BCUT2D eigenvalue weighted by molar-refractivity contribution is 0.625. The predicted molar refractivity (Wildman–Crippen MR) is 74.1 cm³/mol. The van der Waals surface area contributed by atoms with E-state index in [-0.39, 0.29) is 0 Å². The van der Waals surface area contributed by atoms with Gasteiger partial charge < -0.3 is 10.2 Å². The third kappa shape index (κ3) is 2.16. The first-order chi connectivity index (χ1) is 8.67. The second kappa shape index (κ2) is 4.41. The van der Waals surface area contributed by atoms with Crippen molar-refractivity contribution in [3.8, 4) is 0 Å². The average molecular weight is 246 g/mol. The molecule has 1 aromatic rings. The van der Waals surface area contributed by atoms with E-state index in [0.29, 0.717) is 12.0 Å². The zero-order valence-electron chi connectivity index (χ0n) is 11.5. The van der Waals surface area contributed by atoms with Crippen LogP contribution in [-0.4, -0.2) is 29.6 Å². The second-order valence-corrected chi connectivity index (χ2v) is 5.84. The molecule has 2 fully saturated rings. The second-order valence-electron chi connectivity index (χ2n) is 5.84. The lowest BCUT2D eigenvalue weighted by atomic mass is 10.1. The highest BCUT2D eigenvalue weighted by Gasteiger charge is 2.31. The molecule has 1 aliphatic heterocycles. The van der Waals surface area contributed by atoms with Crippen LogP contribution in [0.25, 0.3) is 0 Å². The predicted octanol–water partition coefficient (Wildman–Crippen LogP) is 2.63. The van der Waals surface area contributed by atoms with Crippen LogP contribution in [0.3, 0.4) is 0 Å². The monoisotopic (exact) mass is 246 g/mol. The van der Waals surface area contributed by atoms with Crippen molar-refractivity contribution in [2.75, 3.05) is 23.8 Å². The van der Waals surface area contributed by atoms with Crippen molar-refractivity contribution in [3.63, 3.8) is 0 Å². The Morgan fingerprint density at radius 3 is 2.61 bits per heavy atom. The smallest absolute Gasteiger partial charge is 0.136 e. The molecule has 18 heavy (non-hydrogen) atoms. The minimum Gasteiger partial charge on any atom is -0.373 e. The van der Waals surface area contributed by atoms with Crippen molar-refractivity contribution in [1.82, 2.24) is 9.97 Å². The molecular formula is C14H22N4. The molecule has 2 unspecified atom stereocenters. The first-order valence-electron chi connectivity index (χ1n) is 7.00. The van der Waals surface area contributed by atoms with E-state index in [9.17, 15) is 0 Å². The molecule has 0 bridgehead atoms. The molecule has 1 aromatic heterocycles. The number of nitrogens with zero attached hydrogens (tertiary/aromatic N) is 3. The summed E-state index contributed by atoms with van der Waals surface area (Å²) < 4.78 is 0. The summed E-state index contributed by atoms with van der Waals surface area (Å²) in [5.74, 6) is 4.45. The quantitative estimate of drug-likeness (QED) is 0.890. The molecule has 3 rings (SSSR count). The van der Waals surface area contributed by atoms with Gasteiger partial charge in [0.05, 0.1) is 0 Å². The third-order valence-electron chi connectivity index (χ3n) is 4.01. The van der Waals surface area contributed by atoms with Crippen molar-refractivity contribution in [1.29, 1.82) is 0 Å². The Labute approximate surface area is 109 Å². The van der Waals surface area contributed by atoms with Crippen molar-refractivity contribution in [2.24, 2.45) is 5.92 Å². The minimum absolute atomic E-state index is 0.589. The number of aromatic nitrogens is 2. The van der Waals surface area contributed by atoms with E-state index in [4.69, 9.17) is 4.98 Å². The van der Waals surface area contributed by atoms with Crippen molar-refractivity contribution < 1.29 is 0 Å². The van der Waals surface area contributed by atoms with E-state index >= 15 is 0 Å². The summed E-state index contributed by atoms with van der Waals surface area (Å²) in [7, 11) is 1.93. The average Bonchev–Trinajstić information content (AvgIpc) is 3.14. The van der Waals surface area contributed by atoms with Crippen molar-refractivity contribution in [3.05, 3.63) is 11.9 Å². The molecule has 1 aliphatic carbocycles. The number of nitrogens with one attached hydrogen (secondary N) is 1. The minimum atomic E-state index is 0.589. The molecule has 4 nitrogen and oxygen atoms in total. The van der Waals surface area contributed by atoms with Gasteiger partial charge in [-0.3, -0.25) is 0 Å². The highest BCUT2D eigenvalue weighted by atomic mass is 15.2. The fourth-order valence-corrected chi connectivity index (χ4v) is 2.87. The number of anilines is 2. The third-order valence-corrected chi connectivity index (χ3v) is 4.01. The zero-order valence-corrected chi connectivity index (χ0v) is 11.5. The van der Waals surface area contributed by atoms with Gasteiger partial charge in [0.1, 0.15) is 17.5 Å². The normalized spacial score (nSPS) is 27.6. The Kier molecular flexibility index (Phi) is 2.88. The van der Waals surface area contributed by atoms with Crippen molar-refractivity contribution in [2.45, 2.75) is 45.1 Å². The molecule has 4 heteroatoms. The van der Waals surface area contributed by atoms with Crippen LogP contribution in [0.15, 0.2) is 6.07 Å². The SMILES string of the molecule is CNc1cc(N2CC(C)CC2C)nc(C2CC2)n1. The molecule has 0 radical (unpaired) electrons. The largest absolute Gasteiger partial charge is 0.373 e. The molecule has 1 saturated heterocycles. The van der Waals surface area contributed by atoms with Gasteiger partial charge in [-0.15, -0.1) is 0 Å². The summed E-state index contributed by atoms with van der Waals surface area (Å²) in [5, 5.41) is 3.16. The first-order valence-corrected chi connectivity index (χ1v) is 7.00. The number of rotatable bonds is 3. The van der Waals surface area contributed by atoms with Gasteiger partial charge in [0, 0.05) is 31.6 Å². The van der Waals surface area contributed by atoms with Crippen LogP contribution in [0.2, 0.25) is 0 Å². The van der Waals surface area contributed by atoms with Gasteiger partial charge in [-0.1, -0.05) is 6.92 Å². The first kappa shape index (κ1) is 11.8. The van der Waals surface area contributed by atoms with Crippen LogP contribution in [-0.2, 0) is 0 Å². The summed E-state index contributed by atoms with van der Waals surface area (Å²) in [5.41, 5.74) is 0. The van der Waals surface area contributed by atoms with Gasteiger partial charge in [-0.25, -0.2) is 9.97 Å². The molecule has 1 N–H and O–H groups in total. The number of hydrogen-bond acceptors (Lipinski definition) is 4. The fraction of sp³-hybridized carbons (Fsp3) is 0.714. The van der Waals surface area contributed by atoms with Gasteiger partial charge >= 0.3 is 0 Å². The Balaban J connectivity index is 1.92. The standard InChI is InChI=1S/C14H22N4/c1-9-6-10(2)18(8-9)13-7-12(15-3)16-14(17-13)11-4-5-11/h7,9-11H,4-6,8H2,1-3H3,(H,15,16,17). The van der Waals surface area contributed by atoms with E-state index in [2.05, 4.69) is 35.1 Å². The van der Waals surface area contributed by atoms with Crippen LogP contribution in [0.5, 0.6) is 0 Å². The lowest BCUT2D eigenvalue weighted by Crippen LogP contribution is -2.28. The lowest BCUT2D eigenvalue weighted by Gasteiger charge is -2.23. The molecule has 98 valence electrons.